The first-order valence-corrected chi connectivity index (χ1v) is 5.91. The molecule has 1 heterocycles. The number of amides is 1. The highest BCUT2D eigenvalue weighted by atomic mass is 16.5. The summed E-state index contributed by atoms with van der Waals surface area (Å²) in [7, 11) is 0. The summed E-state index contributed by atoms with van der Waals surface area (Å²) < 4.78 is 4.88. The molecule has 0 radical (unpaired) electrons. The summed E-state index contributed by atoms with van der Waals surface area (Å²) in [5.74, 6) is -1.23. The van der Waals surface area contributed by atoms with Gasteiger partial charge in [-0.15, -0.1) is 0 Å². The number of carbonyl (C=O) groups is 2. The van der Waals surface area contributed by atoms with Gasteiger partial charge in [-0.3, -0.25) is 9.78 Å². The molecule has 1 aromatic rings. The maximum atomic E-state index is 11.6. The second-order valence-corrected chi connectivity index (χ2v) is 3.66. The van der Waals surface area contributed by atoms with Crippen molar-refractivity contribution in [1.29, 1.82) is 0 Å². The lowest BCUT2D eigenvalue weighted by atomic mass is 10.3. The molecule has 3 N–H and O–H groups in total. The Labute approximate surface area is 111 Å². The van der Waals surface area contributed by atoms with E-state index in [0.717, 1.165) is 5.69 Å². The van der Waals surface area contributed by atoms with Gasteiger partial charge in [-0.2, -0.15) is 0 Å². The van der Waals surface area contributed by atoms with E-state index < -0.39 is 5.97 Å². The molecule has 0 fully saturated rings. The van der Waals surface area contributed by atoms with E-state index in [2.05, 4.69) is 15.6 Å². The van der Waals surface area contributed by atoms with Crippen LogP contribution in [0, 0.1) is 0 Å². The largest absolute Gasteiger partial charge is 0.480 e. The summed E-state index contributed by atoms with van der Waals surface area (Å²) in [4.78, 5) is 25.7. The lowest BCUT2D eigenvalue weighted by Crippen LogP contribution is -2.23. The molecule has 1 aromatic heterocycles. The summed E-state index contributed by atoms with van der Waals surface area (Å²) >= 11 is 0. The lowest BCUT2D eigenvalue weighted by Gasteiger charge is -2.07. The highest BCUT2D eigenvalue weighted by Crippen LogP contribution is 2.07. The number of nitrogens with zero attached hydrogens (tertiary/aromatic N) is 1. The van der Waals surface area contributed by atoms with Gasteiger partial charge in [0.25, 0.3) is 5.91 Å². The second-order valence-electron chi connectivity index (χ2n) is 3.66. The van der Waals surface area contributed by atoms with Gasteiger partial charge in [0.2, 0.25) is 0 Å². The third-order valence-corrected chi connectivity index (χ3v) is 2.13. The Morgan fingerprint density at radius 1 is 1.47 bits per heavy atom. The van der Waals surface area contributed by atoms with Gasteiger partial charge in [0, 0.05) is 25.0 Å². The molecule has 0 saturated carbocycles. The summed E-state index contributed by atoms with van der Waals surface area (Å²) in [5, 5.41) is 14.1. The molecule has 7 nitrogen and oxygen atoms in total. The van der Waals surface area contributed by atoms with E-state index in [1.54, 1.807) is 12.1 Å². The predicted molar refractivity (Wildman–Crippen MR) is 69.2 cm³/mol. The van der Waals surface area contributed by atoms with Gasteiger partial charge in [0.15, 0.2) is 0 Å². The summed E-state index contributed by atoms with van der Waals surface area (Å²) in [6.07, 6.45) is 1.53. The minimum atomic E-state index is -0.998. The van der Waals surface area contributed by atoms with E-state index >= 15 is 0 Å². The molecule has 0 spiro atoms. The molecule has 0 bridgehead atoms. The number of carboxylic acids is 1. The van der Waals surface area contributed by atoms with E-state index in [9.17, 15) is 9.59 Å². The van der Waals surface area contributed by atoms with Gasteiger partial charge in [-0.25, -0.2) is 4.79 Å². The van der Waals surface area contributed by atoms with Crippen LogP contribution < -0.4 is 10.6 Å². The molecule has 0 atom stereocenters. The normalized spacial score (nSPS) is 9.95. The fourth-order valence-electron chi connectivity index (χ4n) is 1.34. The molecule has 0 aliphatic carbocycles. The van der Waals surface area contributed by atoms with Crippen molar-refractivity contribution in [2.24, 2.45) is 0 Å². The van der Waals surface area contributed by atoms with Crippen molar-refractivity contribution in [3.63, 3.8) is 0 Å². The monoisotopic (exact) mass is 267 g/mol. The SMILES string of the molecule is CCNC(=O)c1cc(NCCOCC(=O)O)ccn1. The molecule has 0 unspecified atom stereocenters. The molecule has 7 heteroatoms. The highest BCUT2D eigenvalue weighted by Gasteiger charge is 2.06. The topological polar surface area (TPSA) is 101 Å². The summed E-state index contributed by atoms with van der Waals surface area (Å²) in [5.41, 5.74) is 1.06. The van der Waals surface area contributed by atoms with Gasteiger partial charge in [-0.05, 0) is 19.1 Å². The smallest absolute Gasteiger partial charge is 0.329 e. The van der Waals surface area contributed by atoms with E-state index in [1.165, 1.54) is 6.20 Å². The van der Waals surface area contributed by atoms with Crippen LogP contribution >= 0.6 is 0 Å². The number of aromatic nitrogens is 1. The molecular weight excluding hydrogens is 250 g/mol. The fraction of sp³-hybridized carbons (Fsp3) is 0.417. The van der Waals surface area contributed by atoms with Crippen LogP contribution in [0.1, 0.15) is 17.4 Å². The number of hydrogen-bond acceptors (Lipinski definition) is 5. The summed E-state index contributed by atoms with van der Waals surface area (Å²) in [6, 6.07) is 3.35. The highest BCUT2D eigenvalue weighted by molar-refractivity contribution is 5.93. The van der Waals surface area contributed by atoms with Crippen molar-refractivity contribution >= 4 is 17.6 Å². The van der Waals surface area contributed by atoms with Crippen LogP contribution in [-0.4, -0.2) is 48.3 Å². The van der Waals surface area contributed by atoms with Crippen LogP contribution in [0.3, 0.4) is 0 Å². The Morgan fingerprint density at radius 2 is 2.26 bits per heavy atom. The van der Waals surface area contributed by atoms with Crippen molar-refractivity contribution in [3.8, 4) is 0 Å². The fourth-order valence-corrected chi connectivity index (χ4v) is 1.34. The standard InChI is InChI=1S/C12H17N3O4/c1-2-13-12(18)10-7-9(3-4-15-10)14-5-6-19-8-11(16)17/h3-4,7H,2,5-6,8H2,1H3,(H,13,18)(H,14,15)(H,16,17). The van der Waals surface area contributed by atoms with E-state index in [0.29, 0.717) is 18.8 Å². The molecule has 1 rings (SSSR count). The number of rotatable bonds is 8. The summed E-state index contributed by atoms with van der Waals surface area (Å²) in [6.45, 7) is 2.78. The van der Waals surface area contributed by atoms with Crippen molar-refractivity contribution in [2.75, 3.05) is 31.6 Å². The minimum absolute atomic E-state index is 0.228. The van der Waals surface area contributed by atoms with Crippen LogP contribution in [0.5, 0.6) is 0 Å². The average Bonchev–Trinajstić information content (AvgIpc) is 2.38. The van der Waals surface area contributed by atoms with E-state index in [1.807, 2.05) is 6.92 Å². The van der Waals surface area contributed by atoms with Crippen molar-refractivity contribution < 1.29 is 19.4 Å². The maximum absolute atomic E-state index is 11.6. The van der Waals surface area contributed by atoms with Crippen LogP contribution in [0.4, 0.5) is 5.69 Å². The van der Waals surface area contributed by atoms with E-state index in [4.69, 9.17) is 9.84 Å². The van der Waals surface area contributed by atoms with Gasteiger partial charge >= 0.3 is 5.97 Å². The third-order valence-electron chi connectivity index (χ3n) is 2.13. The molecule has 0 aliphatic rings. The van der Waals surface area contributed by atoms with Crippen LogP contribution in [0.2, 0.25) is 0 Å². The Bertz CT molecular complexity index is 437. The zero-order chi connectivity index (χ0) is 14.1. The minimum Gasteiger partial charge on any atom is -0.480 e. The van der Waals surface area contributed by atoms with Crippen LogP contribution in [0.25, 0.3) is 0 Å². The zero-order valence-electron chi connectivity index (χ0n) is 10.7. The number of nitrogens with one attached hydrogen (secondary N) is 2. The molecule has 1 amide bonds. The average molecular weight is 267 g/mol. The Hall–Kier alpha value is -2.15. The van der Waals surface area contributed by atoms with Gasteiger partial charge in [0.05, 0.1) is 6.61 Å². The lowest BCUT2D eigenvalue weighted by molar-refractivity contribution is -0.142. The van der Waals surface area contributed by atoms with Gasteiger partial charge in [-0.1, -0.05) is 0 Å². The molecular formula is C12H17N3O4. The molecule has 0 aliphatic heterocycles. The first-order valence-electron chi connectivity index (χ1n) is 5.91. The van der Waals surface area contributed by atoms with Crippen LogP contribution in [-0.2, 0) is 9.53 Å². The van der Waals surface area contributed by atoms with Crippen LogP contribution in [0.15, 0.2) is 18.3 Å². The Balaban J connectivity index is 2.40. The number of carboxylic acid groups (broad SMARTS) is 1. The van der Waals surface area contributed by atoms with Crippen molar-refractivity contribution in [1.82, 2.24) is 10.3 Å². The number of anilines is 1. The predicted octanol–water partition coefficient (Wildman–Crippen LogP) is 0.344. The number of hydrogen-bond donors (Lipinski definition) is 3. The molecule has 0 saturated heterocycles. The second kappa shape index (κ2) is 8.04. The van der Waals surface area contributed by atoms with Gasteiger partial charge < -0.3 is 20.5 Å². The number of ether oxygens (including phenoxy) is 1. The number of aliphatic carboxylic acids is 1. The molecule has 19 heavy (non-hydrogen) atoms. The number of carbonyl (C=O) groups excluding carboxylic acids is 1. The van der Waals surface area contributed by atoms with E-state index in [-0.39, 0.29) is 19.1 Å². The van der Waals surface area contributed by atoms with Crippen molar-refractivity contribution in [3.05, 3.63) is 24.0 Å². The first kappa shape index (κ1) is 14.9. The first-order chi connectivity index (χ1) is 9.13. The molecule has 104 valence electrons. The quantitative estimate of drug-likeness (QED) is 0.587. The Morgan fingerprint density at radius 3 is 2.95 bits per heavy atom. The third kappa shape index (κ3) is 5.82. The van der Waals surface area contributed by atoms with Gasteiger partial charge in [0.1, 0.15) is 12.3 Å². The Kier molecular flexibility index (Phi) is 6.31. The molecule has 0 aromatic carbocycles. The number of pyridine rings is 1. The zero-order valence-corrected chi connectivity index (χ0v) is 10.7. The van der Waals surface area contributed by atoms with Crippen molar-refractivity contribution in [2.45, 2.75) is 6.92 Å². The maximum Gasteiger partial charge on any atom is 0.329 e.